The summed E-state index contributed by atoms with van der Waals surface area (Å²) in [6.07, 6.45) is 1.67. The van der Waals surface area contributed by atoms with Crippen molar-refractivity contribution in [3.05, 3.63) is 92.9 Å². The van der Waals surface area contributed by atoms with E-state index in [-0.39, 0.29) is 11.1 Å². The first-order valence-electron chi connectivity index (χ1n) is 9.89. The maximum Gasteiger partial charge on any atom is 0.250 e. The Morgan fingerprint density at radius 2 is 1.81 bits per heavy atom. The normalized spacial score (nSPS) is 17.1. The second-order valence-electron chi connectivity index (χ2n) is 7.75. The molecular formula is C23H20F2N3O3S-. The van der Waals surface area contributed by atoms with Crippen molar-refractivity contribution in [2.75, 3.05) is 0 Å². The van der Waals surface area contributed by atoms with Crippen molar-refractivity contribution in [3.63, 3.8) is 0 Å². The molecule has 0 saturated heterocycles. The second kappa shape index (κ2) is 8.50. The van der Waals surface area contributed by atoms with Gasteiger partial charge in [0.1, 0.15) is 11.6 Å². The van der Waals surface area contributed by atoms with Gasteiger partial charge >= 0.3 is 0 Å². The average Bonchev–Trinajstić information content (AvgIpc) is 2.83. The van der Waals surface area contributed by atoms with Crippen molar-refractivity contribution >= 4 is 17.0 Å². The van der Waals surface area contributed by atoms with Crippen molar-refractivity contribution in [1.82, 2.24) is 9.29 Å². The van der Waals surface area contributed by atoms with Crippen LogP contribution in [0.5, 0.6) is 0 Å². The fourth-order valence-corrected chi connectivity index (χ4v) is 4.35. The number of hydrogen-bond acceptors (Lipinski definition) is 4. The second-order valence-corrected chi connectivity index (χ2v) is 8.45. The highest BCUT2D eigenvalue weighted by Crippen LogP contribution is 2.38. The summed E-state index contributed by atoms with van der Waals surface area (Å²) in [5.74, 6) is -1.01. The summed E-state index contributed by atoms with van der Waals surface area (Å²) in [4.78, 5) is 17.1. The Bertz CT molecular complexity index is 1320. The van der Waals surface area contributed by atoms with Crippen molar-refractivity contribution in [2.24, 2.45) is 12.0 Å². The van der Waals surface area contributed by atoms with E-state index in [1.54, 1.807) is 31.4 Å². The van der Waals surface area contributed by atoms with Crippen LogP contribution in [0.25, 0.3) is 11.1 Å². The number of benzene rings is 2. The molecule has 0 aliphatic carbocycles. The Labute approximate surface area is 186 Å². The molecule has 0 spiro atoms. The van der Waals surface area contributed by atoms with Crippen LogP contribution in [0.1, 0.15) is 48.2 Å². The van der Waals surface area contributed by atoms with Crippen LogP contribution in [-0.4, -0.2) is 19.0 Å². The molecule has 4 rings (SSSR count). The number of aliphatic imine (C=N–C) groups is 1. The lowest BCUT2D eigenvalue weighted by Gasteiger charge is -2.20. The lowest BCUT2D eigenvalue weighted by atomic mass is 9.89. The van der Waals surface area contributed by atoms with Crippen LogP contribution in [0, 0.1) is 11.6 Å². The summed E-state index contributed by atoms with van der Waals surface area (Å²) in [5.41, 5.74) is 3.42. The summed E-state index contributed by atoms with van der Waals surface area (Å²) < 4.78 is 54.6. The van der Waals surface area contributed by atoms with Crippen LogP contribution in [0.3, 0.4) is 0 Å². The van der Waals surface area contributed by atoms with Crippen molar-refractivity contribution in [3.8, 4) is 11.1 Å². The van der Waals surface area contributed by atoms with Crippen molar-refractivity contribution in [1.29, 1.82) is 0 Å². The Hall–Kier alpha value is -3.01. The first kappa shape index (κ1) is 22.2. The minimum atomic E-state index is -2.58. The average molecular weight is 456 g/mol. The van der Waals surface area contributed by atoms with Crippen LogP contribution in [0.15, 0.2) is 58.4 Å². The zero-order valence-corrected chi connectivity index (χ0v) is 18.4. The van der Waals surface area contributed by atoms with Gasteiger partial charge in [0.05, 0.1) is 11.8 Å². The Morgan fingerprint density at radius 3 is 2.47 bits per heavy atom. The Morgan fingerprint density at radius 1 is 1.12 bits per heavy atom. The van der Waals surface area contributed by atoms with E-state index in [1.807, 2.05) is 6.92 Å². The molecule has 1 N–H and O–H groups in total. The van der Waals surface area contributed by atoms with Gasteiger partial charge in [0.15, 0.2) is 0 Å². The lowest BCUT2D eigenvalue weighted by Crippen LogP contribution is -2.22. The first-order valence-corrected chi connectivity index (χ1v) is 11.0. The van der Waals surface area contributed by atoms with Gasteiger partial charge < -0.3 is 9.12 Å². The molecule has 0 bridgehead atoms. The van der Waals surface area contributed by atoms with Gasteiger partial charge in [0.2, 0.25) is 0 Å². The van der Waals surface area contributed by atoms with Gasteiger partial charge in [0, 0.05) is 58.9 Å². The predicted molar refractivity (Wildman–Crippen MR) is 118 cm³/mol. The maximum atomic E-state index is 15.2. The zero-order valence-electron chi connectivity index (χ0n) is 17.6. The minimum Gasteiger partial charge on any atom is -0.760 e. The van der Waals surface area contributed by atoms with E-state index in [0.717, 1.165) is 0 Å². The van der Waals surface area contributed by atoms with Crippen molar-refractivity contribution < 1.29 is 17.5 Å². The molecule has 0 radical (unpaired) electrons. The smallest absolute Gasteiger partial charge is 0.250 e. The van der Waals surface area contributed by atoms with Gasteiger partial charge in [-0.2, -0.15) is 0 Å². The van der Waals surface area contributed by atoms with Gasteiger partial charge in [-0.15, -0.1) is 0 Å². The summed E-state index contributed by atoms with van der Waals surface area (Å²) in [5, 5.41) is 0. The Balaban J connectivity index is 2.03. The largest absolute Gasteiger partial charge is 0.760 e. The molecule has 2 aromatic carbocycles. The van der Waals surface area contributed by atoms with Crippen LogP contribution in [0.4, 0.5) is 8.78 Å². The van der Waals surface area contributed by atoms with Crippen LogP contribution < -0.4 is 10.3 Å². The third-order valence-electron chi connectivity index (χ3n) is 5.57. The molecule has 9 heteroatoms. The highest BCUT2D eigenvalue weighted by molar-refractivity contribution is 7.77. The number of hydrogen-bond donors (Lipinski definition) is 1. The van der Waals surface area contributed by atoms with Gasteiger partial charge in [-0.3, -0.25) is 14.0 Å². The van der Waals surface area contributed by atoms with E-state index in [9.17, 15) is 17.9 Å². The fraction of sp³-hybridized carbons (Fsp3) is 0.217. The third-order valence-corrected chi connectivity index (χ3v) is 6.12. The molecule has 1 aliphatic heterocycles. The van der Waals surface area contributed by atoms with Crippen LogP contribution >= 0.6 is 0 Å². The highest BCUT2D eigenvalue weighted by atomic mass is 32.2. The molecule has 2 heterocycles. The van der Waals surface area contributed by atoms with Crippen molar-refractivity contribution in [2.45, 2.75) is 25.9 Å². The molecule has 0 amide bonds. The van der Waals surface area contributed by atoms with Crippen LogP contribution in [0.2, 0.25) is 0 Å². The summed E-state index contributed by atoms with van der Waals surface area (Å²) >= 11 is -2.58. The molecule has 6 nitrogen and oxygen atoms in total. The standard InChI is InChI=1S/C23H21F2N3O3S/c1-12-16-10-22(29)28(3)11-20(16)18-8-17(13(2)27-32(30)31)21(25)9-19(18)23(26-12)14-4-6-15(24)7-5-14/h4-13,27H,1-3H3,(H,30,31)/p-1. The summed E-state index contributed by atoms with van der Waals surface area (Å²) in [6.45, 7) is 3.37. The molecule has 166 valence electrons. The molecule has 1 aliphatic rings. The van der Waals surface area contributed by atoms with E-state index in [1.165, 1.54) is 35.8 Å². The molecule has 0 saturated carbocycles. The van der Waals surface area contributed by atoms with E-state index in [2.05, 4.69) is 4.72 Å². The molecule has 32 heavy (non-hydrogen) atoms. The number of halogens is 2. The van der Waals surface area contributed by atoms with E-state index >= 15 is 4.39 Å². The zero-order chi connectivity index (χ0) is 23.2. The van der Waals surface area contributed by atoms with Gasteiger partial charge in [-0.25, -0.2) is 13.5 Å². The summed E-state index contributed by atoms with van der Waals surface area (Å²) in [7, 11) is 1.62. The van der Waals surface area contributed by atoms with Gasteiger partial charge in [-0.1, -0.05) is 0 Å². The number of aryl methyl sites for hydroxylation is 1. The topological polar surface area (TPSA) is 86.5 Å². The van der Waals surface area contributed by atoms with E-state index in [0.29, 0.717) is 33.5 Å². The number of rotatable bonds is 4. The maximum absolute atomic E-state index is 15.2. The Kier molecular flexibility index (Phi) is 5.89. The van der Waals surface area contributed by atoms with Gasteiger partial charge in [0.25, 0.3) is 5.56 Å². The molecular weight excluding hydrogens is 436 g/mol. The molecule has 3 atom stereocenters. The fourth-order valence-electron chi connectivity index (χ4n) is 3.93. The van der Waals surface area contributed by atoms with E-state index in [4.69, 9.17) is 4.99 Å². The third kappa shape index (κ3) is 4.06. The lowest BCUT2D eigenvalue weighted by molar-refractivity contribution is 0.506. The summed E-state index contributed by atoms with van der Waals surface area (Å²) in [6, 6.07) is 8.88. The molecule has 1 aromatic heterocycles. The quantitative estimate of drug-likeness (QED) is 0.608. The molecule has 0 fully saturated rings. The van der Waals surface area contributed by atoms with E-state index < -0.39 is 35.0 Å². The van der Waals surface area contributed by atoms with Crippen LogP contribution in [-0.2, 0) is 18.3 Å². The van der Waals surface area contributed by atoms with Gasteiger partial charge in [-0.05, 0) is 61.4 Å². The molecule has 3 unspecified atom stereocenters. The highest BCUT2D eigenvalue weighted by Gasteiger charge is 2.26. The number of nitrogens with one attached hydrogen (secondary N) is 1. The number of aromatic nitrogens is 1. The first-order chi connectivity index (χ1) is 15.2. The number of fused-ring (bicyclic) bond motifs is 3. The number of nitrogens with zero attached hydrogens (tertiary/aromatic N) is 2. The predicted octanol–water partition coefficient (Wildman–Crippen LogP) is 3.69. The SMILES string of the molecule is CC1N=C(c2ccc(F)cc2)c2cc(F)c(C(C)NS(=O)[O-])cc2-c2cn(C)c(=O)cc21. The number of pyridine rings is 1. The minimum absolute atomic E-state index is 0.153. The monoisotopic (exact) mass is 456 g/mol. The molecule has 3 aromatic rings.